The van der Waals surface area contributed by atoms with Gasteiger partial charge in [-0.3, -0.25) is 0 Å². The zero-order valence-electron chi connectivity index (χ0n) is 12.4. The SMILES string of the molecule is CC1CCCC(CNC(C)c2nc3ccccc3s2)C1. The summed E-state index contributed by atoms with van der Waals surface area (Å²) in [5.74, 6) is 1.77. The lowest BCUT2D eigenvalue weighted by Gasteiger charge is -2.27. The van der Waals surface area contributed by atoms with Crippen molar-refractivity contribution in [3.63, 3.8) is 0 Å². The van der Waals surface area contributed by atoms with Gasteiger partial charge in [-0.2, -0.15) is 0 Å². The maximum absolute atomic E-state index is 4.75. The minimum absolute atomic E-state index is 0.365. The van der Waals surface area contributed by atoms with Gasteiger partial charge in [0.05, 0.1) is 16.3 Å². The van der Waals surface area contributed by atoms with E-state index in [0.29, 0.717) is 6.04 Å². The maximum Gasteiger partial charge on any atom is 0.111 e. The van der Waals surface area contributed by atoms with E-state index < -0.39 is 0 Å². The van der Waals surface area contributed by atoms with Gasteiger partial charge in [0.2, 0.25) is 0 Å². The van der Waals surface area contributed by atoms with Crippen molar-refractivity contribution < 1.29 is 0 Å². The van der Waals surface area contributed by atoms with Gasteiger partial charge in [-0.1, -0.05) is 31.9 Å². The molecule has 2 nitrogen and oxygen atoms in total. The molecule has 0 saturated heterocycles. The van der Waals surface area contributed by atoms with Gasteiger partial charge >= 0.3 is 0 Å². The molecule has 1 aliphatic carbocycles. The second-order valence-electron chi connectivity index (χ2n) is 6.29. The highest BCUT2D eigenvalue weighted by Crippen LogP contribution is 2.29. The van der Waals surface area contributed by atoms with Gasteiger partial charge in [0, 0.05) is 0 Å². The standard InChI is InChI=1S/C17H24N2S/c1-12-6-5-7-14(10-12)11-18-13(2)17-19-15-8-3-4-9-16(15)20-17/h3-4,8-9,12-14,18H,5-7,10-11H2,1-2H3. The van der Waals surface area contributed by atoms with E-state index in [0.717, 1.165) is 23.9 Å². The second-order valence-corrected chi connectivity index (χ2v) is 7.35. The van der Waals surface area contributed by atoms with Crippen LogP contribution in [0.2, 0.25) is 0 Å². The van der Waals surface area contributed by atoms with Gasteiger partial charge in [0.25, 0.3) is 0 Å². The molecule has 3 rings (SSSR count). The zero-order valence-corrected chi connectivity index (χ0v) is 13.2. The number of aromatic nitrogens is 1. The molecule has 3 heteroatoms. The summed E-state index contributed by atoms with van der Waals surface area (Å²) in [5, 5.41) is 4.92. The first-order valence-electron chi connectivity index (χ1n) is 7.81. The Kier molecular flexibility index (Phi) is 4.37. The molecule has 1 aliphatic rings. The summed E-state index contributed by atoms with van der Waals surface area (Å²) in [6.45, 7) is 5.77. The molecule has 0 amide bonds. The highest BCUT2D eigenvalue weighted by Gasteiger charge is 2.20. The fourth-order valence-electron chi connectivity index (χ4n) is 3.25. The number of rotatable bonds is 4. The van der Waals surface area contributed by atoms with Crippen molar-refractivity contribution in [3.05, 3.63) is 29.3 Å². The van der Waals surface area contributed by atoms with Crippen molar-refractivity contribution in [1.29, 1.82) is 0 Å². The molecule has 0 spiro atoms. The first-order chi connectivity index (χ1) is 9.72. The Morgan fingerprint density at radius 1 is 1.35 bits per heavy atom. The number of nitrogens with one attached hydrogen (secondary N) is 1. The van der Waals surface area contributed by atoms with Crippen LogP contribution in [0.3, 0.4) is 0 Å². The topological polar surface area (TPSA) is 24.9 Å². The Morgan fingerprint density at radius 2 is 2.20 bits per heavy atom. The maximum atomic E-state index is 4.75. The predicted octanol–water partition coefficient (Wildman–Crippen LogP) is 4.77. The van der Waals surface area contributed by atoms with Gasteiger partial charge in [0.15, 0.2) is 0 Å². The van der Waals surface area contributed by atoms with Crippen LogP contribution >= 0.6 is 11.3 Å². The quantitative estimate of drug-likeness (QED) is 0.876. The third kappa shape index (κ3) is 3.21. The second kappa shape index (κ2) is 6.23. The minimum atomic E-state index is 0.365. The summed E-state index contributed by atoms with van der Waals surface area (Å²) in [7, 11) is 0. The Hall–Kier alpha value is -0.930. The molecule has 1 fully saturated rings. The lowest BCUT2D eigenvalue weighted by molar-refractivity contribution is 0.268. The minimum Gasteiger partial charge on any atom is -0.308 e. The van der Waals surface area contributed by atoms with Crippen molar-refractivity contribution in [3.8, 4) is 0 Å². The van der Waals surface area contributed by atoms with Crippen LogP contribution in [0.4, 0.5) is 0 Å². The van der Waals surface area contributed by atoms with Crippen LogP contribution in [0.1, 0.15) is 50.6 Å². The molecule has 3 atom stereocenters. The summed E-state index contributed by atoms with van der Waals surface area (Å²) in [6.07, 6.45) is 5.61. The summed E-state index contributed by atoms with van der Waals surface area (Å²) in [6, 6.07) is 8.78. The fourth-order valence-corrected chi connectivity index (χ4v) is 4.25. The molecule has 1 N–H and O–H groups in total. The van der Waals surface area contributed by atoms with Gasteiger partial charge in [-0.05, 0) is 50.3 Å². The van der Waals surface area contributed by atoms with E-state index in [1.807, 2.05) is 11.3 Å². The molecule has 1 aromatic carbocycles. The molecule has 2 aromatic rings. The van der Waals surface area contributed by atoms with Gasteiger partial charge in [-0.25, -0.2) is 4.98 Å². The predicted molar refractivity (Wildman–Crippen MR) is 87.2 cm³/mol. The lowest BCUT2D eigenvalue weighted by atomic mass is 9.82. The zero-order chi connectivity index (χ0) is 13.9. The highest BCUT2D eigenvalue weighted by atomic mass is 32.1. The number of hydrogen-bond donors (Lipinski definition) is 1. The van der Waals surface area contributed by atoms with Crippen LogP contribution in [-0.2, 0) is 0 Å². The average molecular weight is 288 g/mol. The van der Waals surface area contributed by atoms with Crippen LogP contribution in [0.25, 0.3) is 10.2 Å². The Balaban J connectivity index is 1.59. The molecule has 0 bridgehead atoms. The molecular formula is C17H24N2S. The van der Waals surface area contributed by atoms with Crippen LogP contribution in [0.15, 0.2) is 24.3 Å². The van der Waals surface area contributed by atoms with E-state index in [2.05, 4.69) is 43.4 Å². The van der Waals surface area contributed by atoms with Crippen molar-refractivity contribution in [2.75, 3.05) is 6.54 Å². The molecule has 3 unspecified atom stereocenters. The number of fused-ring (bicyclic) bond motifs is 1. The molecule has 0 aliphatic heterocycles. The van der Waals surface area contributed by atoms with Crippen molar-refractivity contribution >= 4 is 21.6 Å². The van der Waals surface area contributed by atoms with Crippen molar-refractivity contribution in [2.24, 2.45) is 11.8 Å². The molecular weight excluding hydrogens is 264 g/mol. The van der Waals surface area contributed by atoms with Crippen LogP contribution in [0, 0.1) is 11.8 Å². The van der Waals surface area contributed by atoms with Gasteiger partial charge < -0.3 is 5.32 Å². The molecule has 20 heavy (non-hydrogen) atoms. The van der Waals surface area contributed by atoms with Crippen molar-refractivity contribution in [1.82, 2.24) is 10.3 Å². The number of thiazole rings is 1. The Labute approximate surface area is 125 Å². The van der Waals surface area contributed by atoms with Crippen LogP contribution in [0.5, 0.6) is 0 Å². The van der Waals surface area contributed by atoms with Crippen molar-refractivity contribution in [2.45, 2.75) is 45.6 Å². The summed E-state index contributed by atoms with van der Waals surface area (Å²) in [5.41, 5.74) is 1.13. The third-order valence-electron chi connectivity index (χ3n) is 4.44. The smallest absolute Gasteiger partial charge is 0.111 e. The molecule has 1 heterocycles. The normalized spacial score (nSPS) is 24.9. The number of para-hydroxylation sites is 1. The van der Waals surface area contributed by atoms with E-state index in [-0.39, 0.29) is 0 Å². The number of hydrogen-bond acceptors (Lipinski definition) is 3. The molecule has 1 saturated carbocycles. The van der Waals surface area contributed by atoms with Crippen LogP contribution in [-0.4, -0.2) is 11.5 Å². The van der Waals surface area contributed by atoms with Gasteiger partial charge in [-0.15, -0.1) is 11.3 Å². The Bertz CT molecular complexity index is 530. The summed E-state index contributed by atoms with van der Waals surface area (Å²) in [4.78, 5) is 4.75. The van der Waals surface area contributed by atoms with E-state index >= 15 is 0 Å². The Morgan fingerprint density at radius 3 is 3.00 bits per heavy atom. The van der Waals surface area contributed by atoms with E-state index in [1.165, 1.54) is 35.4 Å². The molecule has 1 aromatic heterocycles. The average Bonchev–Trinajstić information content (AvgIpc) is 2.89. The third-order valence-corrected chi connectivity index (χ3v) is 5.66. The van der Waals surface area contributed by atoms with E-state index in [9.17, 15) is 0 Å². The van der Waals surface area contributed by atoms with Gasteiger partial charge in [0.1, 0.15) is 5.01 Å². The highest BCUT2D eigenvalue weighted by molar-refractivity contribution is 7.18. The number of benzene rings is 1. The summed E-state index contributed by atoms with van der Waals surface area (Å²) >= 11 is 1.82. The first kappa shape index (κ1) is 14.0. The lowest BCUT2D eigenvalue weighted by Crippen LogP contribution is -2.28. The monoisotopic (exact) mass is 288 g/mol. The van der Waals surface area contributed by atoms with E-state index in [1.54, 1.807) is 0 Å². The fraction of sp³-hybridized carbons (Fsp3) is 0.588. The molecule has 0 radical (unpaired) electrons. The molecule has 108 valence electrons. The van der Waals surface area contributed by atoms with E-state index in [4.69, 9.17) is 4.98 Å². The number of nitrogens with zero attached hydrogens (tertiary/aromatic N) is 1. The largest absolute Gasteiger partial charge is 0.308 e. The first-order valence-corrected chi connectivity index (χ1v) is 8.63. The summed E-state index contributed by atoms with van der Waals surface area (Å²) < 4.78 is 1.29. The van der Waals surface area contributed by atoms with Crippen LogP contribution < -0.4 is 5.32 Å².